The average Bonchev–Trinajstić information content (AvgIpc) is 3.15. The monoisotopic (exact) mass is 782 g/mol. The quantitative estimate of drug-likeness (QED) is 0.0203. The second kappa shape index (κ2) is 38.4. The summed E-state index contributed by atoms with van der Waals surface area (Å²) >= 11 is 0. The Morgan fingerprint density at radius 3 is 1.64 bits per heavy atom. The van der Waals surface area contributed by atoms with Gasteiger partial charge in [0, 0.05) is 19.3 Å². The van der Waals surface area contributed by atoms with Gasteiger partial charge in [-0.15, -0.1) is 0 Å². The van der Waals surface area contributed by atoms with Crippen molar-refractivity contribution >= 4 is 17.9 Å². The van der Waals surface area contributed by atoms with Gasteiger partial charge in [0.2, 0.25) is 0 Å². The first-order chi connectivity index (χ1) is 27.1. The first kappa shape index (κ1) is 52.5. The van der Waals surface area contributed by atoms with E-state index in [-0.39, 0.29) is 42.7 Å². The first-order valence-corrected chi connectivity index (χ1v) is 21.7. The van der Waals surface area contributed by atoms with Crippen molar-refractivity contribution in [2.75, 3.05) is 41.0 Å². The minimum Gasteiger partial charge on any atom is -0.544 e. The van der Waals surface area contributed by atoms with Crippen LogP contribution in [0.4, 0.5) is 0 Å². The van der Waals surface area contributed by atoms with Crippen LogP contribution in [0.2, 0.25) is 0 Å². The van der Waals surface area contributed by atoms with Crippen molar-refractivity contribution < 1.29 is 38.2 Å². The zero-order valence-electron chi connectivity index (χ0n) is 36.0. The number of nitrogens with zero attached hydrogens (tertiary/aromatic N) is 1. The van der Waals surface area contributed by atoms with Gasteiger partial charge in [0.15, 0.2) is 6.10 Å². The highest BCUT2D eigenvalue weighted by atomic mass is 16.6. The Kier molecular flexibility index (Phi) is 36.0. The number of carbonyl (C=O) groups excluding carboxylic acids is 3. The van der Waals surface area contributed by atoms with Gasteiger partial charge in [-0.25, -0.2) is 0 Å². The predicted octanol–water partition coefficient (Wildman–Crippen LogP) is 10.4. The molecule has 0 aromatic carbocycles. The summed E-state index contributed by atoms with van der Waals surface area (Å²) in [4.78, 5) is 36.8. The Hall–Kier alpha value is -3.49. The van der Waals surface area contributed by atoms with E-state index in [1.54, 1.807) is 21.1 Å². The number of ether oxygens (including phenoxy) is 3. The van der Waals surface area contributed by atoms with Gasteiger partial charge >= 0.3 is 11.9 Å². The maximum absolute atomic E-state index is 12.7. The number of carboxylic acid groups (broad SMARTS) is 1. The zero-order chi connectivity index (χ0) is 41.4. The van der Waals surface area contributed by atoms with Crippen molar-refractivity contribution in [2.45, 2.75) is 161 Å². The van der Waals surface area contributed by atoms with Crippen LogP contribution in [0.1, 0.15) is 149 Å². The summed E-state index contributed by atoms with van der Waals surface area (Å²) in [6, 6.07) is -0.738. The number of hydrogen-bond acceptors (Lipinski definition) is 7. The molecule has 2 unspecified atom stereocenters. The Labute approximate surface area is 342 Å². The van der Waals surface area contributed by atoms with Crippen molar-refractivity contribution in [3.8, 4) is 0 Å². The molecule has 8 heteroatoms. The second-order valence-corrected chi connectivity index (χ2v) is 15.3. The molecule has 318 valence electrons. The van der Waals surface area contributed by atoms with Gasteiger partial charge in [-0.2, -0.15) is 0 Å². The van der Waals surface area contributed by atoms with Crippen LogP contribution < -0.4 is 5.11 Å². The molecule has 0 aliphatic carbocycles. The van der Waals surface area contributed by atoms with E-state index in [4.69, 9.17) is 14.2 Å². The molecule has 0 spiro atoms. The Morgan fingerprint density at radius 1 is 0.571 bits per heavy atom. The lowest BCUT2D eigenvalue weighted by atomic mass is 10.1. The summed E-state index contributed by atoms with van der Waals surface area (Å²) in [5.41, 5.74) is 0. The van der Waals surface area contributed by atoms with Crippen LogP contribution in [-0.4, -0.2) is 75.5 Å². The highest BCUT2D eigenvalue weighted by Gasteiger charge is 2.25. The first-order valence-electron chi connectivity index (χ1n) is 21.7. The fourth-order valence-corrected chi connectivity index (χ4v) is 5.77. The van der Waals surface area contributed by atoms with E-state index in [0.717, 1.165) is 70.6 Å². The molecule has 0 saturated heterocycles. The number of carboxylic acids is 1. The molecule has 8 nitrogen and oxygen atoms in total. The van der Waals surface area contributed by atoms with Crippen LogP contribution in [0.15, 0.2) is 85.1 Å². The number of hydrogen-bond donors (Lipinski definition) is 0. The average molecular weight is 782 g/mol. The van der Waals surface area contributed by atoms with E-state index in [9.17, 15) is 19.5 Å². The van der Waals surface area contributed by atoms with E-state index < -0.39 is 18.1 Å². The summed E-state index contributed by atoms with van der Waals surface area (Å²) < 4.78 is 17.1. The van der Waals surface area contributed by atoms with Gasteiger partial charge in [0.05, 0.1) is 40.3 Å². The van der Waals surface area contributed by atoms with Crippen molar-refractivity contribution in [3.05, 3.63) is 85.1 Å². The Morgan fingerprint density at radius 2 is 1.07 bits per heavy atom. The third kappa shape index (κ3) is 36.2. The smallest absolute Gasteiger partial charge is 0.306 e. The van der Waals surface area contributed by atoms with E-state index in [1.807, 2.05) is 48.6 Å². The summed E-state index contributed by atoms with van der Waals surface area (Å²) in [7, 11) is 5.38. The third-order valence-corrected chi connectivity index (χ3v) is 9.14. The topological polar surface area (TPSA) is 102 Å². The minimum atomic E-state index is -1.14. The number of unbranched alkanes of at least 4 members (excludes halogenated alkanes) is 13. The molecule has 0 bridgehead atoms. The molecule has 0 heterocycles. The van der Waals surface area contributed by atoms with Crippen LogP contribution in [0.5, 0.6) is 0 Å². The van der Waals surface area contributed by atoms with Crippen molar-refractivity contribution in [1.82, 2.24) is 0 Å². The normalized spacial score (nSPS) is 13.8. The lowest BCUT2D eigenvalue weighted by Crippen LogP contribution is -2.55. The minimum absolute atomic E-state index is 0.0183. The van der Waals surface area contributed by atoms with Crippen LogP contribution >= 0.6 is 0 Å². The summed E-state index contributed by atoms with van der Waals surface area (Å²) in [6.07, 6.45) is 48.9. The number of likely N-dealkylation sites (N-methyl/N-ethyl adjacent to an activating group) is 1. The van der Waals surface area contributed by atoms with E-state index in [1.165, 1.54) is 44.9 Å². The highest BCUT2D eigenvalue weighted by molar-refractivity contribution is 5.70. The molecule has 0 aliphatic heterocycles. The zero-order valence-corrected chi connectivity index (χ0v) is 36.0. The molecule has 0 radical (unpaired) electrons. The number of allylic oxidation sites excluding steroid dienone is 14. The molecule has 0 fully saturated rings. The summed E-state index contributed by atoms with van der Waals surface area (Å²) in [5, 5.41) is 11.6. The largest absolute Gasteiger partial charge is 0.544 e. The van der Waals surface area contributed by atoms with Crippen LogP contribution in [0.3, 0.4) is 0 Å². The maximum atomic E-state index is 12.7. The molecule has 2 atom stereocenters. The molecule has 0 aromatic rings. The van der Waals surface area contributed by atoms with Gasteiger partial charge in [0.25, 0.3) is 0 Å². The Bertz CT molecular complexity index is 1190. The van der Waals surface area contributed by atoms with Crippen LogP contribution in [0, 0.1) is 0 Å². The SMILES string of the molecule is CC/C=C/C=C/C=C/C=C/C=C/CCCCCC(=O)OCC(COCCC(C(=O)[O-])[N+](C)(C)C)OC(=O)CCCCCCCCC/C=C/C/C=C/CCCCC. The van der Waals surface area contributed by atoms with E-state index >= 15 is 0 Å². The number of esters is 2. The lowest BCUT2D eigenvalue weighted by molar-refractivity contribution is -0.889. The van der Waals surface area contributed by atoms with E-state index in [0.29, 0.717) is 12.8 Å². The molecule has 0 saturated carbocycles. The number of quaternary nitrogens is 1. The van der Waals surface area contributed by atoms with Gasteiger partial charge < -0.3 is 28.6 Å². The van der Waals surface area contributed by atoms with Gasteiger partial charge in [-0.05, 0) is 64.2 Å². The highest BCUT2D eigenvalue weighted by Crippen LogP contribution is 2.13. The molecule has 0 aromatic heterocycles. The van der Waals surface area contributed by atoms with Crippen molar-refractivity contribution in [1.29, 1.82) is 0 Å². The molecule has 0 N–H and O–H groups in total. The lowest BCUT2D eigenvalue weighted by Gasteiger charge is -2.34. The fourth-order valence-electron chi connectivity index (χ4n) is 5.77. The molecule has 56 heavy (non-hydrogen) atoms. The van der Waals surface area contributed by atoms with Gasteiger partial charge in [-0.3, -0.25) is 9.59 Å². The predicted molar refractivity (Wildman–Crippen MR) is 231 cm³/mol. The summed E-state index contributed by atoms with van der Waals surface area (Å²) in [6.45, 7) is 4.42. The van der Waals surface area contributed by atoms with Crippen LogP contribution in [-0.2, 0) is 28.6 Å². The number of aliphatic carboxylic acids is 1. The molecule has 0 aliphatic rings. The molecule has 0 amide bonds. The molecular weight excluding hydrogens is 703 g/mol. The summed E-state index contributed by atoms with van der Waals surface area (Å²) in [5.74, 6) is -1.81. The maximum Gasteiger partial charge on any atom is 0.306 e. The van der Waals surface area contributed by atoms with Crippen molar-refractivity contribution in [2.24, 2.45) is 0 Å². The number of carbonyl (C=O) groups is 3. The van der Waals surface area contributed by atoms with Gasteiger partial charge in [-0.1, -0.05) is 150 Å². The van der Waals surface area contributed by atoms with Crippen molar-refractivity contribution in [3.63, 3.8) is 0 Å². The fraction of sp³-hybridized carbons (Fsp3) is 0.646. The third-order valence-electron chi connectivity index (χ3n) is 9.14. The van der Waals surface area contributed by atoms with E-state index in [2.05, 4.69) is 50.3 Å². The van der Waals surface area contributed by atoms with Crippen LogP contribution in [0.25, 0.3) is 0 Å². The van der Waals surface area contributed by atoms with Gasteiger partial charge in [0.1, 0.15) is 12.6 Å². The Balaban J connectivity index is 4.46. The molecule has 0 rings (SSSR count). The molecular formula is C48H79NO7. The number of rotatable bonds is 37. The second-order valence-electron chi connectivity index (χ2n) is 15.3. The standard InChI is InChI=1S/C48H79NO7/c1-6-8-10-12-14-16-18-20-22-23-25-27-29-31-33-35-37-39-47(51)56-44(42-54-41-40-45(48(52)53)49(3,4)5)43-55-46(50)38-36-34-32-30-28-26-24-21-19-17-15-13-11-9-7-2/h9,11,13-17,19-22,24,26,28,44-45H,6-8,10,12,18,23,25,27,29-43H2,1-5H3/b11-9+,15-13+,16-14+,19-17+,22-20+,24-21+,28-26+.